The van der Waals surface area contributed by atoms with E-state index in [-0.39, 0.29) is 18.9 Å². The van der Waals surface area contributed by atoms with Crippen LogP contribution in [0.2, 0.25) is 5.02 Å². The fourth-order valence-electron chi connectivity index (χ4n) is 2.10. The molecule has 0 radical (unpaired) electrons. The Balaban J connectivity index is 2.70. The van der Waals surface area contributed by atoms with Gasteiger partial charge in [0, 0.05) is 17.1 Å². The summed E-state index contributed by atoms with van der Waals surface area (Å²) in [6, 6.07) is 4.00. The van der Waals surface area contributed by atoms with E-state index in [1.165, 1.54) is 6.07 Å². The number of hydrogen-bond donors (Lipinski definition) is 4. The van der Waals surface area contributed by atoms with E-state index in [1.807, 2.05) is 13.8 Å². The summed E-state index contributed by atoms with van der Waals surface area (Å²) in [5.41, 5.74) is 0.295. The van der Waals surface area contributed by atoms with Gasteiger partial charge < -0.3 is 15.5 Å². The Kier molecular flexibility index (Phi) is 7.67. The van der Waals surface area contributed by atoms with Crippen LogP contribution in [0.4, 0.5) is 0 Å². The fourth-order valence-corrected chi connectivity index (χ4v) is 2.29. The number of amides is 1. The van der Waals surface area contributed by atoms with Crippen molar-refractivity contribution in [3.8, 4) is 0 Å². The zero-order valence-corrected chi connectivity index (χ0v) is 14.2. The number of carboxylic acids is 2. The minimum Gasteiger partial charge on any atom is -0.480 e. The van der Waals surface area contributed by atoms with Gasteiger partial charge in [0.05, 0.1) is 0 Å². The summed E-state index contributed by atoms with van der Waals surface area (Å²) < 4.78 is 0. The Morgan fingerprint density at radius 1 is 1.12 bits per heavy atom. The highest BCUT2D eigenvalue weighted by molar-refractivity contribution is 6.30. The molecule has 0 aromatic heterocycles. The van der Waals surface area contributed by atoms with Crippen molar-refractivity contribution in [3.63, 3.8) is 0 Å². The van der Waals surface area contributed by atoms with Crippen molar-refractivity contribution in [2.24, 2.45) is 5.92 Å². The molecule has 0 aliphatic heterocycles. The van der Waals surface area contributed by atoms with Gasteiger partial charge in [-0.05, 0) is 30.5 Å². The van der Waals surface area contributed by atoms with E-state index in [2.05, 4.69) is 10.6 Å². The number of hydrogen-bond acceptors (Lipinski definition) is 4. The van der Waals surface area contributed by atoms with Gasteiger partial charge in [0.2, 0.25) is 0 Å². The molecule has 0 heterocycles. The molecule has 2 unspecified atom stereocenters. The van der Waals surface area contributed by atoms with E-state index in [1.54, 1.807) is 18.2 Å². The number of carbonyl (C=O) groups is 3. The highest BCUT2D eigenvalue weighted by atomic mass is 35.5. The maximum Gasteiger partial charge on any atom is 0.322 e. The minimum atomic E-state index is -1.24. The standard InChI is InChI=1S/C16H21ClN2O5/c1-9(2)6-12(15(21)22)19-13(16(23)24)8-18-14(20)10-4-3-5-11(17)7-10/h3-5,7,9,12-13,19H,6,8H2,1-2H3,(H,18,20)(H,21,22)(H,23,24). The topological polar surface area (TPSA) is 116 Å². The maximum absolute atomic E-state index is 12.0. The lowest BCUT2D eigenvalue weighted by Crippen LogP contribution is -2.52. The Hall–Kier alpha value is -2.12. The first-order chi connectivity index (χ1) is 11.2. The van der Waals surface area contributed by atoms with Crippen LogP contribution in [-0.4, -0.2) is 46.7 Å². The number of carbonyl (C=O) groups excluding carboxylic acids is 1. The molecule has 132 valence electrons. The highest BCUT2D eigenvalue weighted by Crippen LogP contribution is 2.10. The van der Waals surface area contributed by atoms with Crippen molar-refractivity contribution in [3.05, 3.63) is 34.9 Å². The number of rotatable bonds is 9. The first-order valence-electron chi connectivity index (χ1n) is 7.46. The van der Waals surface area contributed by atoms with Gasteiger partial charge in [0.25, 0.3) is 5.91 Å². The molecule has 0 spiro atoms. The molecule has 7 nitrogen and oxygen atoms in total. The van der Waals surface area contributed by atoms with Gasteiger partial charge in [-0.3, -0.25) is 19.7 Å². The number of carboxylic acid groups (broad SMARTS) is 2. The van der Waals surface area contributed by atoms with E-state index in [0.29, 0.717) is 10.6 Å². The second-order valence-electron chi connectivity index (χ2n) is 5.80. The monoisotopic (exact) mass is 356 g/mol. The van der Waals surface area contributed by atoms with Crippen molar-refractivity contribution in [1.82, 2.24) is 10.6 Å². The van der Waals surface area contributed by atoms with Crippen molar-refractivity contribution in [1.29, 1.82) is 0 Å². The molecule has 8 heteroatoms. The average Bonchev–Trinajstić information content (AvgIpc) is 2.48. The largest absolute Gasteiger partial charge is 0.480 e. The fraction of sp³-hybridized carbons (Fsp3) is 0.438. The lowest BCUT2D eigenvalue weighted by atomic mass is 10.0. The first-order valence-corrected chi connectivity index (χ1v) is 7.84. The zero-order valence-electron chi connectivity index (χ0n) is 13.5. The van der Waals surface area contributed by atoms with Crippen LogP contribution in [-0.2, 0) is 9.59 Å². The van der Waals surface area contributed by atoms with Gasteiger partial charge in [0.1, 0.15) is 12.1 Å². The van der Waals surface area contributed by atoms with Crippen LogP contribution in [0, 0.1) is 5.92 Å². The number of nitrogens with one attached hydrogen (secondary N) is 2. The summed E-state index contributed by atoms with van der Waals surface area (Å²) in [4.78, 5) is 34.6. The average molecular weight is 357 g/mol. The molecule has 0 fully saturated rings. The van der Waals surface area contributed by atoms with Crippen molar-refractivity contribution in [2.45, 2.75) is 32.4 Å². The van der Waals surface area contributed by atoms with Crippen LogP contribution >= 0.6 is 11.6 Å². The normalized spacial score (nSPS) is 13.3. The molecule has 0 bridgehead atoms. The number of aliphatic carboxylic acids is 2. The third-order valence-corrected chi connectivity index (χ3v) is 3.49. The van der Waals surface area contributed by atoms with E-state index < -0.39 is 29.9 Å². The molecule has 0 aliphatic rings. The van der Waals surface area contributed by atoms with Gasteiger partial charge in [0.15, 0.2) is 0 Å². The summed E-state index contributed by atoms with van der Waals surface area (Å²) in [6.45, 7) is 3.44. The predicted molar refractivity (Wildman–Crippen MR) is 89.2 cm³/mol. The van der Waals surface area contributed by atoms with E-state index in [9.17, 15) is 24.6 Å². The van der Waals surface area contributed by atoms with Crippen LogP contribution in [0.3, 0.4) is 0 Å². The number of benzene rings is 1. The summed E-state index contributed by atoms with van der Waals surface area (Å²) in [6.07, 6.45) is 0.279. The lowest BCUT2D eigenvalue weighted by molar-refractivity contribution is -0.142. The summed E-state index contributed by atoms with van der Waals surface area (Å²) in [5, 5.41) is 23.8. The van der Waals surface area contributed by atoms with Crippen molar-refractivity contribution < 1.29 is 24.6 Å². The smallest absolute Gasteiger partial charge is 0.322 e. The van der Waals surface area contributed by atoms with E-state index in [0.717, 1.165) is 0 Å². The minimum absolute atomic E-state index is 0.0779. The molecule has 4 N–H and O–H groups in total. The Morgan fingerprint density at radius 3 is 2.25 bits per heavy atom. The van der Waals surface area contributed by atoms with Crippen LogP contribution < -0.4 is 10.6 Å². The second kappa shape index (κ2) is 9.24. The van der Waals surface area contributed by atoms with E-state index >= 15 is 0 Å². The molecule has 2 atom stereocenters. The van der Waals surface area contributed by atoms with Crippen LogP contribution in [0.25, 0.3) is 0 Å². The van der Waals surface area contributed by atoms with Gasteiger partial charge in [-0.25, -0.2) is 0 Å². The Morgan fingerprint density at radius 2 is 1.75 bits per heavy atom. The van der Waals surface area contributed by atoms with Crippen LogP contribution in [0.15, 0.2) is 24.3 Å². The van der Waals surface area contributed by atoms with Gasteiger partial charge in [-0.15, -0.1) is 0 Å². The highest BCUT2D eigenvalue weighted by Gasteiger charge is 2.27. The Labute approximate surface area is 145 Å². The SMILES string of the molecule is CC(C)CC(NC(CNC(=O)c1cccc(Cl)c1)C(=O)O)C(=O)O. The van der Waals surface area contributed by atoms with Gasteiger partial charge in [-0.1, -0.05) is 31.5 Å². The molecule has 1 rings (SSSR count). The maximum atomic E-state index is 12.0. The van der Waals surface area contributed by atoms with Gasteiger partial charge in [-0.2, -0.15) is 0 Å². The Bertz CT molecular complexity index is 606. The second-order valence-corrected chi connectivity index (χ2v) is 6.23. The molecule has 0 saturated heterocycles. The van der Waals surface area contributed by atoms with Crippen LogP contribution in [0.5, 0.6) is 0 Å². The molecule has 1 amide bonds. The third kappa shape index (κ3) is 6.55. The molecule has 1 aromatic carbocycles. The van der Waals surface area contributed by atoms with Crippen molar-refractivity contribution >= 4 is 29.4 Å². The summed E-state index contributed by atoms with van der Waals surface area (Å²) in [7, 11) is 0. The third-order valence-electron chi connectivity index (χ3n) is 3.26. The zero-order chi connectivity index (χ0) is 18.3. The molecule has 24 heavy (non-hydrogen) atoms. The molecular weight excluding hydrogens is 336 g/mol. The summed E-state index contributed by atoms with van der Waals surface area (Å²) in [5.74, 6) is -2.78. The summed E-state index contributed by atoms with van der Waals surface area (Å²) >= 11 is 5.80. The van der Waals surface area contributed by atoms with E-state index in [4.69, 9.17) is 11.6 Å². The quantitative estimate of drug-likeness (QED) is 0.534. The molecular formula is C16H21ClN2O5. The molecule has 1 aromatic rings. The number of halogens is 1. The van der Waals surface area contributed by atoms with Gasteiger partial charge >= 0.3 is 11.9 Å². The lowest BCUT2D eigenvalue weighted by Gasteiger charge is -2.22. The van der Waals surface area contributed by atoms with Crippen molar-refractivity contribution in [2.75, 3.05) is 6.54 Å². The molecule has 0 saturated carbocycles. The predicted octanol–water partition coefficient (Wildman–Crippen LogP) is 1.61. The van der Waals surface area contributed by atoms with Crippen LogP contribution in [0.1, 0.15) is 30.6 Å². The first kappa shape index (κ1) is 19.9. The molecule has 0 aliphatic carbocycles.